The van der Waals surface area contributed by atoms with Crippen molar-refractivity contribution in [3.05, 3.63) is 41.0 Å². The summed E-state index contributed by atoms with van der Waals surface area (Å²) in [6, 6.07) is 6.09. The number of primary amides is 1. The fourth-order valence-corrected chi connectivity index (χ4v) is 3.61. The first kappa shape index (κ1) is 20.1. The van der Waals surface area contributed by atoms with E-state index >= 15 is 0 Å². The molecule has 0 radical (unpaired) electrons. The number of hydrogen-bond acceptors (Lipinski definition) is 3. The second kappa shape index (κ2) is 7.96. The van der Waals surface area contributed by atoms with E-state index in [1.54, 1.807) is 0 Å². The van der Waals surface area contributed by atoms with Gasteiger partial charge in [-0.2, -0.15) is 11.8 Å². The van der Waals surface area contributed by atoms with Crippen LogP contribution in [-0.4, -0.2) is 24.5 Å². The Morgan fingerprint density at radius 3 is 2.64 bits per heavy atom. The highest BCUT2D eigenvalue weighted by Gasteiger charge is 2.26. The lowest BCUT2D eigenvalue weighted by atomic mass is 9.76. The van der Waals surface area contributed by atoms with E-state index in [4.69, 9.17) is 5.73 Å². The Balaban J connectivity index is 2.37. The van der Waals surface area contributed by atoms with Gasteiger partial charge in [0.1, 0.15) is 0 Å². The smallest absolute Gasteiger partial charge is 0.249 e. The summed E-state index contributed by atoms with van der Waals surface area (Å²) >= 11 is 1.84. The van der Waals surface area contributed by atoms with Crippen LogP contribution in [0.2, 0.25) is 0 Å². The Hall–Kier alpha value is -1.26. The lowest BCUT2D eigenvalue weighted by Crippen LogP contribution is -2.38. The number of carbonyl (C=O) groups excluding carboxylic acids is 1. The van der Waals surface area contributed by atoms with E-state index in [0.717, 1.165) is 37.1 Å². The zero-order valence-electron chi connectivity index (χ0n) is 16.2. The van der Waals surface area contributed by atoms with Gasteiger partial charge < -0.3 is 11.1 Å². The molecule has 1 aliphatic rings. The molecular weight excluding hydrogens is 328 g/mol. The molecule has 0 atom stereocenters. The van der Waals surface area contributed by atoms with E-state index in [1.165, 1.54) is 11.1 Å². The second-order valence-electron chi connectivity index (χ2n) is 8.27. The Bertz CT molecular complexity index is 662. The highest BCUT2D eigenvalue weighted by Crippen LogP contribution is 2.39. The van der Waals surface area contributed by atoms with Gasteiger partial charge >= 0.3 is 0 Å². The van der Waals surface area contributed by atoms with Crippen LogP contribution in [0.15, 0.2) is 24.3 Å². The fourth-order valence-electron chi connectivity index (χ4n) is 3.30. The minimum Gasteiger partial charge on any atom is -0.366 e. The van der Waals surface area contributed by atoms with Crippen molar-refractivity contribution in [2.45, 2.75) is 52.5 Å². The van der Waals surface area contributed by atoms with Gasteiger partial charge in [-0.25, -0.2) is 0 Å². The summed E-state index contributed by atoms with van der Waals surface area (Å²) in [5.41, 5.74) is 9.94. The van der Waals surface area contributed by atoms with Crippen molar-refractivity contribution in [2.24, 2.45) is 11.1 Å². The van der Waals surface area contributed by atoms with Crippen LogP contribution in [0, 0.1) is 5.41 Å². The van der Waals surface area contributed by atoms with Gasteiger partial charge in [0.2, 0.25) is 5.91 Å². The summed E-state index contributed by atoms with van der Waals surface area (Å²) in [6.07, 6.45) is 7.59. The topological polar surface area (TPSA) is 55.1 Å². The molecule has 0 aliphatic heterocycles. The number of rotatable bonds is 7. The van der Waals surface area contributed by atoms with Gasteiger partial charge in [0.25, 0.3) is 0 Å². The molecule has 0 unspecified atom stereocenters. The molecule has 1 amide bonds. The van der Waals surface area contributed by atoms with Crippen LogP contribution in [0.4, 0.5) is 0 Å². The first-order valence-electron chi connectivity index (χ1n) is 9.04. The molecule has 3 N–H and O–H groups in total. The van der Waals surface area contributed by atoms with Crippen molar-refractivity contribution in [3.8, 4) is 0 Å². The predicted molar refractivity (Wildman–Crippen MR) is 110 cm³/mol. The van der Waals surface area contributed by atoms with Gasteiger partial charge in [-0.15, -0.1) is 0 Å². The van der Waals surface area contributed by atoms with E-state index in [1.807, 2.05) is 23.9 Å². The third kappa shape index (κ3) is 5.11. The van der Waals surface area contributed by atoms with Gasteiger partial charge in [0.15, 0.2) is 0 Å². The molecule has 0 fully saturated rings. The van der Waals surface area contributed by atoms with Crippen molar-refractivity contribution in [1.29, 1.82) is 0 Å². The minimum absolute atomic E-state index is 0.144. The van der Waals surface area contributed by atoms with Crippen LogP contribution >= 0.6 is 11.8 Å². The van der Waals surface area contributed by atoms with E-state index in [9.17, 15) is 4.79 Å². The normalized spacial score (nSPS) is 17.2. The maximum atomic E-state index is 11.9. The van der Waals surface area contributed by atoms with Gasteiger partial charge in [0.05, 0.1) is 0 Å². The Kier molecular flexibility index (Phi) is 6.39. The molecule has 3 nitrogen and oxygen atoms in total. The number of amides is 1. The first-order valence-corrected chi connectivity index (χ1v) is 10.4. The number of thioether (sulfide) groups is 1. The summed E-state index contributed by atoms with van der Waals surface area (Å²) in [7, 11) is 0. The van der Waals surface area contributed by atoms with E-state index < -0.39 is 0 Å². The SMILES string of the molecule is CSCCNC(C)(C)c1ccc(C(N)=O)c(C2=CCC(C)(C)CC2)c1. The fraction of sp³-hybridized carbons (Fsp3) is 0.571. The Morgan fingerprint density at radius 2 is 2.08 bits per heavy atom. The zero-order valence-corrected chi connectivity index (χ0v) is 17.1. The zero-order chi connectivity index (χ0) is 18.7. The summed E-state index contributed by atoms with van der Waals surface area (Å²) in [6.45, 7) is 9.93. The van der Waals surface area contributed by atoms with Crippen molar-refractivity contribution in [3.63, 3.8) is 0 Å². The van der Waals surface area contributed by atoms with E-state index in [-0.39, 0.29) is 11.4 Å². The van der Waals surface area contributed by atoms with Crippen LogP contribution in [-0.2, 0) is 5.54 Å². The summed E-state index contributed by atoms with van der Waals surface area (Å²) < 4.78 is 0. The average Bonchev–Trinajstić information content (AvgIpc) is 2.54. The lowest BCUT2D eigenvalue weighted by Gasteiger charge is -2.31. The van der Waals surface area contributed by atoms with Gasteiger partial charge in [0, 0.05) is 23.4 Å². The summed E-state index contributed by atoms with van der Waals surface area (Å²) in [5, 5.41) is 3.61. The van der Waals surface area contributed by atoms with Gasteiger partial charge in [-0.05, 0) is 73.6 Å². The predicted octanol–water partition coefficient (Wildman–Crippen LogP) is 4.57. The van der Waals surface area contributed by atoms with E-state index in [2.05, 4.69) is 51.4 Å². The number of carbonyl (C=O) groups is 1. The summed E-state index contributed by atoms with van der Waals surface area (Å²) in [4.78, 5) is 11.9. The van der Waals surface area contributed by atoms with Gasteiger partial charge in [-0.1, -0.05) is 26.0 Å². The maximum absolute atomic E-state index is 11.9. The highest BCUT2D eigenvalue weighted by atomic mass is 32.2. The molecule has 0 spiro atoms. The molecule has 0 saturated carbocycles. The molecule has 4 heteroatoms. The largest absolute Gasteiger partial charge is 0.366 e. The average molecular weight is 361 g/mol. The summed E-state index contributed by atoms with van der Waals surface area (Å²) in [5.74, 6) is 0.732. The van der Waals surface area contributed by atoms with E-state index in [0.29, 0.717) is 11.0 Å². The lowest BCUT2D eigenvalue weighted by molar-refractivity contribution is 0.1000. The number of hydrogen-bond donors (Lipinski definition) is 2. The second-order valence-corrected chi connectivity index (χ2v) is 9.25. The molecule has 138 valence electrons. The quantitative estimate of drug-likeness (QED) is 0.701. The molecule has 1 aliphatic carbocycles. The number of nitrogens with two attached hydrogens (primary N) is 1. The Morgan fingerprint density at radius 1 is 1.36 bits per heavy atom. The first-order chi connectivity index (χ1) is 11.7. The van der Waals surface area contributed by atoms with Crippen molar-refractivity contribution in [2.75, 3.05) is 18.6 Å². The minimum atomic E-state index is -0.347. The van der Waals surface area contributed by atoms with Crippen LogP contribution in [0.1, 0.15) is 68.4 Å². The van der Waals surface area contributed by atoms with Crippen molar-refractivity contribution >= 4 is 23.2 Å². The van der Waals surface area contributed by atoms with Crippen molar-refractivity contribution < 1.29 is 4.79 Å². The molecule has 25 heavy (non-hydrogen) atoms. The Labute approximate surface area is 156 Å². The molecule has 0 heterocycles. The van der Waals surface area contributed by atoms with Crippen molar-refractivity contribution in [1.82, 2.24) is 5.32 Å². The molecular formula is C21H32N2OS. The monoisotopic (exact) mass is 360 g/mol. The third-order valence-electron chi connectivity index (χ3n) is 5.20. The molecule has 1 aromatic rings. The number of benzene rings is 1. The molecule has 2 rings (SSSR count). The van der Waals surface area contributed by atoms with Gasteiger partial charge in [-0.3, -0.25) is 4.79 Å². The van der Waals surface area contributed by atoms with Crippen LogP contribution in [0.5, 0.6) is 0 Å². The number of nitrogens with one attached hydrogen (secondary N) is 1. The van der Waals surface area contributed by atoms with Crippen LogP contribution in [0.25, 0.3) is 5.57 Å². The highest BCUT2D eigenvalue weighted by molar-refractivity contribution is 7.98. The molecule has 0 saturated heterocycles. The maximum Gasteiger partial charge on any atom is 0.249 e. The molecule has 0 bridgehead atoms. The standard InChI is InChI=1S/C21H32N2OS/c1-20(2)10-8-15(9-11-20)18-14-16(6-7-17(18)19(22)24)21(3,4)23-12-13-25-5/h6-8,14,23H,9-13H2,1-5H3,(H2,22,24). The molecule has 1 aromatic carbocycles. The van der Waals surface area contributed by atoms with Crippen LogP contribution < -0.4 is 11.1 Å². The molecule has 0 aromatic heterocycles. The van der Waals surface area contributed by atoms with Crippen LogP contribution in [0.3, 0.4) is 0 Å². The number of allylic oxidation sites excluding steroid dienone is 2. The third-order valence-corrected chi connectivity index (χ3v) is 5.81.